The topological polar surface area (TPSA) is 32.7 Å². The number of methoxy groups -OCH3 is 1. The van der Waals surface area contributed by atoms with Crippen LogP contribution in [0.2, 0.25) is 0 Å². The maximum Gasteiger partial charge on any atom is 0.118 e. The fourth-order valence-electron chi connectivity index (χ4n) is 1.87. The maximum absolute atomic E-state index is 10.0. The van der Waals surface area contributed by atoms with Gasteiger partial charge in [-0.3, -0.25) is 0 Å². The number of aliphatic hydroxyl groups excluding tert-OH is 1. The Balaban J connectivity index is 1.93. The van der Waals surface area contributed by atoms with Crippen molar-refractivity contribution in [2.45, 2.75) is 25.0 Å². The number of likely N-dealkylation sites (N-methyl/N-ethyl adjacent to an activating group) is 1. The van der Waals surface area contributed by atoms with Crippen molar-refractivity contribution in [1.29, 1.82) is 0 Å². The Bertz CT molecular complexity index is 332. The predicted molar refractivity (Wildman–Crippen MR) is 63.6 cm³/mol. The molecule has 1 aliphatic carbocycles. The molecule has 0 bridgehead atoms. The van der Waals surface area contributed by atoms with E-state index < -0.39 is 6.10 Å². The van der Waals surface area contributed by atoms with E-state index in [0.717, 1.165) is 11.3 Å². The van der Waals surface area contributed by atoms with Gasteiger partial charge in [0.25, 0.3) is 0 Å². The third kappa shape index (κ3) is 2.74. The summed E-state index contributed by atoms with van der Waals surface area (Å²) in [6.07, 6.45) is 2.13. The molecule has 88 valence electrons. The lowest BCUT2D eigenvalue weighted by Gasteiger charge is -2.20. The van der Waals surface area contributed by atoms with Crippen molar-refractivity contribution in [1.82, 2.24) is 4.90 Å². The van der Waals surface area contributed by atoms with Gasteiger partial charge in [0.05, 0.1) is 13.2 Å². The number of benzene rings is 1. The van der Waals surface area contributed by atoms with Crippen molar-refractivity contribution in [3.63, 3.8) is 0 Å². The van der Waals surface area contributed by atoms with E-state index in [-0.39, 0.29) is 0 Å². The van der Waals surface area contributed by atoms with E-state index in [1.165, 1.54) is 12.8 Å². The SMILES string of the molecule is COc1ccc(C(O)CN(C)C2CC2)cc1. The first-order valence-corrected chi connectivity index (χ1v) is 5.73. The summed E-state index contributed by atoms with van der Waals surface area (Å²) in [5.41, 5.74) is 0.952. The van der Waals surface area contributed by atoms with Crippen LogP contribution in [0.25, 0.3) is 0 Å². The predicted octanol–water partition coefficient (Wildman–Crippen LogP) is 1.82. The molecule has 1 aromatic carbocycles. The number of rotatable bonds is 5. The van der Waals surface area contributed by atoms with Gasteiger partial charge in [0.1, 0.15) is 5.75 Å². The van der Waals surface area contributed by atoms with Gasteiger partial charge in [-0.2, -0.15) is 0 Å². The minimum Gasteiger partial charge on any atom is -0.497 e. The van der Waals surface area contributed by atoms with E-state index >= 15 is 0 Å². The van der Waals surface area contributed by atoms with Crippen LogP contribution in [0.15, 0.2) is 24.3 Å². The van der Waals surface area contributed by atoms with Crippen LogP contribution in [0.3, 0.4) is 0 Å². The fourth-order valence-corrected chi connectivity index (χ4v) is 1.87. The van der Waals surface area contributed by atoms with Gasteiger partial charge < -0.3 is 14.7 Å². The molecule has 0 spiro atoms. The summed E-state index contributed by atoms with van der Waals surface area (Å²) in [5.74, 6) is 0.825. The van der Waals surface area contributed by atoms with E-state index in [2.05, 4.69) is 11.9 Å². The molecule has 0 aliphatic heterocycles. The van der Waals surface area contributed by atoms with Crippen LogP contribution in [0.4, 0.5) is 0 Å². The molecule has 16 heavy (non-hydrogen) atoms. The molecule has 1 saturated carbocycles. The Morgan fingerprint density at radius 3 is 2.50 bits per heavy atom. The molecule has 0 radical (unpaired) electrons. The highest BCUT2D eigenvalue weighted by atomic mass is 16.5. The summed E-state index contributed by atoms with van der Waals surface area (Å²) in [5, 5.41) is 10.0. The molecule has 0 heterocycles. The average molecular weight is 221 g/mol. The van der Waals surface area contributed by atoms with E-state index in [1.54, 1.807) is 7.11 Å². The zero-order valence-electron chi connectivity index (χ0n) is 9.89. The molecule has 3 nitrogen and oxygen atoms in total. The zero-order valence-corrected chi connectivity index (χ0v) is 9.89. The van der Waals surface area contributed by atoms with Gasteiger partial charge >= 0.3 is 0 Å². The zero-order chi connectivity index (χ0) is 11.5. The summed E-state index contributed by atoms with van der Waals surface area (Å²) in [4.78, 5) is 2.23. The van der Waals surface area contributed by atoms with Gasteiger partial charge in [-0.05, 0) is 37.6 Å². The third-order valence-electron chi connectivity index (χ3n) is 3.13. The van der Waals surface area contributed by atoms with Gasteiger partial charge in [-0.15, -0.1) is 0 Å². The number of ether oxygens (including phenoxy) is 1. The molecule has 2 rings (SSSR count). The van der Waals surface area contributed by atoms with Crippen LogP contribution in [0.1, 0.15) is 24.5 Å². The van der Waals surface area contributed by atoms with Crippen molar-refractivity contribution in [3.05, 3.63) is 29.8 Å². The first-order valence-electron chi connectivity index (χ1n) is 5.73. The summed E-state index contributed by atoms with van der Waals surface area (Å²) in [6, 6.07) is 8.30. The second-order valence-electron chi connectivity index (χ2n) is 4.46. The van der Waals surface area contributed by atoms with Crippen molar-refractivity contribution in [2.75, 3.05) is 20.7 Å². The van der Waals surface area contributed by atoms with E-state index in [9.17, 15) is 5.11 Å². The normalized spacial score (nSPS) is 17.5. The van der Waals surface area contributed by atoms with E-state index in [0.29, 0.717) is 12.6 Å². The molecular formula is C13H19NO2. The number of hydrogen-bond acceptors (Lipinski definition) is 3. The van der Waals surface area contributed by atoms with E-state index in [1.807, 2.05) is 24.3 Å². The van der Waals surface area contributed by atoms with Gasteiger partial charge in [-0.25, -0.2) is 0 Å². The second-order valence-corrected chi connectivity index (χ2v) is 4.46. The van der Waals surface area contributed by atoms with Gasteiger partial charge in [0.2, 0.25) is 0 Å². The second kappa shape index (κ2) is 4.85. The lowest BCUT2D eigenvalue weighted by molar-refractivity contribution is 0.123. The van der Waals surface area contributed by atoms with Crippen LogP contribution < -0.4 is 4.74 Å². The molecule has 1 unspecified atom stereocenters. The third-order valence-corrected chi connectivity index (χ3v) is 3.13. The average Bonchev–Trinajstić information content (AvgIpc) is 3.13. The largest absolute Gasteiger partial charge is 0.497 e. The van der Waals surface area contributed by atoms with Crippen LogP contribution in [0, 0.1) is 0 Å². The van der Waals surface area contributed by atoms with Crippen molar-refractivity contribution >= 4 is 0 Å². The van der Waals surface area contributed by atoms with E-state index in [4.69, 9.17) is 4.74 Å². The quantitative estimate of drug-likeness (QED) is 0.823. The molecule has 1 atom stereocenters. The highest BCUT2D eigenvalue weighted by Crippen LogP contribution is 2.27. The smallest absolute Gasteiger partial charge is 0.118 e. The van der Waals surface area contributed by atoms with Gasteiger partial charge in [0.15, 0.2) is 0 Å². The summed E-state index contributed by atoms with van der Waals surface area (Å²) in [7, 11) is 3.72. The summed E-state index contributed by atoms with van der Waals surface area (Å²) < 4.78 is 5.09. The molecular weight excluding hydrogens is 202 g/mol. The molecule has 1 fully saturated rings. The molecule has 0 amide bonds. The Morgan fingerprint density at radius 2 is 2.00 bits per heavy atom. The molecule has 3 heteroatoms. The lowest BCUT2D eigenvalue weighted by Crippen LogP contribution is -2.26. The molecule has 1 aliphatic rings. The Labute approximate surface area is 96.6 Å². The van der Waals surface area contributed by atoms with Crippen LogP contribution in [-0.4, -0.2) is 36.8 Å². The van der Waals surface area contributed by atoms with Crippen molar-refractivity contribution < 1.29 is 9.84 Å². The summed E-state index contributed by atoms with van der Waals surface area (Å²) in [6.45, 7) is 0.705. The maximum atomic E-state index is 10.0. The standard InChI is InChI=1S/C13H19NO2/c1-14(11-5-6-11)9-13(15)10-3-7-12(16-2)8-4-10/h3-4,7-8,11,13,15H,5-6,9H2,1-2H3. The number of nitrogens with zero attached hydrogens (tertiary/aromatic N) is 1. The first-order chi connectivity index (χ1) is 7.70. The monoisotopic (exact) mass is 221 g/mol. The number of aliphatic hydroxyl groups is 1. The minimum atomic E-state index is -0.406. The Morgan fingerprint density at radius 1 is 1.38 bits per heavy atom. The number of hydrogen-bond donors (Lipinski definition) is 1. The molecule has 1 aromatic rings. The molecule has 1 N–H and O–H groups in total. The Hall–Kier alpha value is -1.06. The highest BCUT2D eigenvalue weighted by Gasteiger charge is 2.27. The minimum absolute atomic E-state index is 0.406. The van der Waals surface area contributed by atoms with Crippen LogP contribution >= 0.6 is 0 Å². The lowest BCUT2D eigenvalue weighted by atomic mass is 10.1. The fraction of sp³-hybridized carbons (Fsp3) is 0.538. The molecule has 0 saturated heterocycles. The highest BCUT2D eigenvalue weighted by molar-refractivity contribution is 5.28. The Kier molecular flexibility index (Phi) is 3.46. The van der Waals surface area contributed by atoms with Gasteiger partial charge in [0, 0.05) is 12.6 Å². The van der Waals surface area contributed by atoms with Crippen LogP contribution in [0.5, 0.6) is 5.75 Å². The van der Waals surface area contributed by atoms with Crippen molar-refractivity contribution in [2.24, 2.45) is 0 Å². The molecule has 0 aromatic heterocycles. The van der Waals surface area contributed by atoms with Gasteiger partial charge in [-0.1, -0.05) is 12.1 Å². The van der Waals surface area contributed by atoms with Crippen molar-refractivity contribution in [3.8, 4) is 5.75 Å². The summed E-state index contributed by atoms with van der Waals surface area (Å²) >= 11 is 0. The first kappa shape index (κ1) is 11.4. The van der Waals surface area contributed by atoms with Crippen LogP contribution in [-0.2, 0) is 0 Å².